The molecule has 1 aliphatic heterocycles. The van der Waals surface area contributed by atoms with E-state index in [1.54, 1.807) is 0 Å². The maximum Gasteiger partial charge on any atom is 0.246 e. The fourth-order valence-corrected chi connectivity index (χ4v) is 1.19. The molecule has 1 fully saturated rings. The molecular weight excluding hydrogens is 160 g/mol. The van der Waals surface area contributed by atoms with Gasteiger partial charge in [0.25, 0.3) is 0 Å². The summed E-state index contributed by atoms with van der Waals surface area (Å²) in [4.78, 5) is 11.0. The Morgan fingerprint density at radius 2 is 2.50 bits per heavy atom. The lowest BCUT2D eigenvalue weighted by atomic mass is 10.2. The van der Waals surface area contributed by atoms with E-state index in [1.165, 1.54) is 7.11 Å². The predicted molar refractivity (Wildman–Crippen MR) is 42.7 cm³/mol. The molecule has 0 radical (unpaired) electrons. The number of β-amino-alcohol motifs (C(OH)–C–C–N with tert-alkyl or cyclic N) is 1. The van der Waals surface area contributed by atoms with Gasteiger partial charge in [0.1, 0.15) is 6.61 Å². The van der Waals surface area contributed by atoms with Gasteiger partial charge in [0.15, 0.2) is 0 Å². The molecule has 0 bridgehead atoms. The summed E-state index contributed by atoms with van der Waals surface area (Å²) in [6.07, 6.45) is -0.481. The van der Waals surface area contributed by atoms with Gasteiger partial charge in [0.05, 0.1) is 12.1 Å². The van der Waals surface area contributed by atoms with Crippen LogP contribution in [-0.2, 0) is 9.53 Å². The van der Waals surface area contributed by atoms with Crippen molar-refractivity contribution in [3.05, 3.63) is 0 Å². The monoisotopic (exact) mass is 174 g/mol. The van der Waals surface area contributed by atoms with E-state index < -0.39 is 6.10 Å². The molecule has 0 unspecified atom stereocenters. The number of amides is 1. The van der Waals surface area contributed by atoms with Crippen LogP contribution >= 0.6 is 0 Å². The third-order valence-corrected chi connectivity index (χ3v) is 1.80. The first kappa shape index (κ1) is 9.44. The molecule has 0 saturated carbocycles. The zero-order valence-corrected chi connectivity index (χ0v) is 7.04. The van der Waals surface area contributed by atoms with Gasteiger partial charge in [-0.2, -0.15) is 0 Å². The van der Waals surface area contributed by atoms with Crippen molar-refractivity contribution in [3.63, 3.8) is 0 Å². The van der Waals surface area contributed by atoms with Gasteiger partial charge in [0.2, 0.25) is 5.91 Å². The zero-order valence-electron chi connectivity index (χ0n) is 7.04. The molecule has 1 aliphatic rings. The molecule has 12 heavy (non-hydrogen) atoms. The van der Waals surface area contributed by atoms with Crippen molar-refractivity contribution in [2.75, 3.05) is 26.8 Å². The predicted octanol–water partition coefficient (Wildman–Crippen LogP) is -1.92. The van der Waals surface area contributed by atoms with Gasteiger partial charge in [-0.15, -0.1) is 0 Å². The molecule has 0 aromatic heterocycles. The smallest absolute Gasteiger partial charge is 0.246 e. The van der Waals surface area contributed by atoms with Crippen molar-refractivity contribution in [1.29, 1.82) is 0 Å². The molecule has 0 aliphatic carbocycles. The summed E-state index contributed by atoms with van der Waals surface area (Å²) < 4.78 is 4.64. The highest BCUT2D eigenvalue weighted by atomic mass is 16.5. The normalized spacial score (nSPS) is 28.8. The molecule has 1 saturated heterocycles. The number of rotatable bonds is 3. The quantitative estimate of drug-likeness (QED) is 0.466. The minimum atomic E-state index is -0.481. The first-order valence-electron chi connectivity index (χ1n) is 3.91. The molecule has 5 heteroatoms. The minimum Gasteiger partial charge on any atom is -0.390 e. The van der Waals surface area contributed by atoms with E-state index in [9.17, 15) is 9.90 Å². The summed E-state index contributed by atoms with van der Waals surface area (Å²) in [5.41, 5.74) is 0. The van der Waals surface area contributed by atoms with Gasteiger partial charge in [-0.1, -0.05) is 0 Å². The third kappa shape index (κ3) is 2.44. The minimum absolute atomic E-state index is 0.0449. The van der Waals surface area contributed by atoms with Gasteiger partial charge in [-0.05, 0) is 0 Å². The van der Waals surface area contributed by atoms with Gasteiger partial charge in [-0.25, -0.2) is 0 Å². The van der Waals surface area contributed by atoms with E-state index in [2.05, 4.69) is 15.4 Å². The van der Waals surface area contributed by atoms with E-state index in [-0.39, 0.29) is 18.6 Å². The Balaban J connectivity index is 2.25. The van der Waals surface area contributed by atoms with Crippen molar-refractivity contribution >= 4 is 5.91 Å². The Labute approximate surface area is 71.1 Å². The fourth-order valence-electron chi connectivity index (χ4n) is 1.19. The highest BCUT2D eigenvalue weighted by Crippen LogP contribution is 1.98. The van der Waals surface area contributed by atoms with Crippen LogP contribution in [0.15, 0.2) is 0 Å². The topological polar surface area (TPSA) is 70.6 Å². The van der Waals surface area contributed by atoms with E-state index in [1.807, 2.05) is 0 Å². The maximum atomic E-state index is 11.0. The number of ether oxygens (including phenoxy) is 1. The number of carbonyl (C=O) groups is 1. The number of methoxy groups -OCH3 is 1. The third-order valence-electron chi connectivity index (χ3n) is 1.80. The van der Waals surface area contributed by atoms with Crippen LogP contribution in [0.3, 0.4) is 0 Å². The Morgan fingerprint density at radius 1 is 1.75 bits per heavy atom. The van der Waals surface area contributed by atoms with Crippen molar-refractivity contribution in [2.24, 2.45) is 0 Å². The molecule has 5 nitrogen and oxygen atoms in total. The SMILES string of the molecule is COCC(=O)N[C@@H]1CNC[C@H]1O. The molecular formula is C7H14N2O3. The van der Waals surface area contributed by atoms with Crippen LogP contribution in [0.1, 0.15) is 0 Å². The Hall–Kier alpha value is -0.650. The second-order valence-corrected chi connectivity index (χ2v) is 2.83. The summed E-state index contributed by atoms with van der Waals surface area (Å²) >= 11 is 0. The molecule has 1 heterocycles. The van der Waals surface area contributed by atoms with Gasteiger partial charge in [-0.3, -0.25) is 4.79 Å². The summed E-state index contributed by atoms with van der Waals surface area (Å²) in [6, 6.07) is -0.173. The lowest BCUT2D eigenvalue weighted by Gasteiger charge is -2.14. The second-order valence-electron chi connectivity index (χ2n) is 2.83. The Kier molecular flexibility index (Phi) is 3.46. The Morgan fingerprint density at radius 3 is 3.00 bits per heavy atom. The second kappa shape index (κ2) is 4.39. The van der Waals surface area contributed by atoms with E-state index in [0.717, 1.165) is 0 Å². The number of aliphatic hydroxyl groups excluding tert-OH is 1. The molecule has 0 spiro atoms. The number of aliphatic hydroxyl groups is 1. The van der Waals surface area contributed by atoms with E-state index in [4.69, 9.17) is 0 Å². The molecule has 0 aromatic rings. The largest absolute Gasteiger partial charge is 0.390 e. The van der Waals surface area contributed by atoms with Crippen LogP contribution in [0.5, 0.6) is 0 Å². The summed E-state index contributed by atoms with van der Waals surface area (Å²) in [7, 11) is 1.46. The van der Waals surface area contributed by atoms with Crippen molar-refractivity contribution in [3.8, 4) is 0 Å². The van der Waals surface area contributed by atoms with E-state index >= 15 is 0 Å². The van der Waals surface area contributed by atoms with Crippen LogP contribution in [0.2, 0.25) is 0 Å². The van der Waals surface area contributed by atoms with Crippen LogP contribution in [0, 0.1) is 0 Å². The van der Waals surface area contributed by atoms with Crippen LogP contribution in [0.4, 0.5) is 0 Å². The summed E-state index contributed by atoms with van der Waals surface area (Å²) in [5, 5.41) is 14.9. The van der Waals surface area contributed by atoms with Crippen LogP contribution < -0.4 is 10.6 Å². The number of hydrogen-bond donors (Lipinski definition) is 3. The van der Waals surface area contributed by atoms with Crippen molar-refractivity contribution in [1.82, 2.24) is 10.6 Å². The van der Waals surface area contributed by atoms with Crippen molar-refractivity contribution in [2.45, 2.75) is 12.1 Å². The van der Waals surface area contributed by atoms with Crippen LogP contribution in [0.25, 0.3) is 0 Å². The summed E-state index contributed by atoms with van der Waals surface area (Å²) in [6.45, 7) is 1.21. The first-order valence-corrected chi connectivity index (χ1v) is 3.91. The molecule has 2 atom stereocenters. The standard InChI is InChI=1S/C7H14N2O3/c1-12-4-7(11)9-5-2-8-3-6(5)10/h5-6,8,10H,2-4H2,1H3,(H,9,11)/t5-,6-/m1/s1. The molecule has 1 amide bonds. The lowest BCUT2D eigenvalue weighted by molar-refractivity contribution is -0.125. The number of carbonyl (C=O) groups excluding carboxylic acids is 1. The molecule has 3 N–H and O–H groups in total. The van der Waals surface area contributed by atoms with Gasteiger partial charge < -0.3 is 20.5 Å². The average molecular weight is 174 g/mol. The molecule has 70 valence electrons. The van der Waals surface area contributed by atoms with Gasteiger partial charge in [0, 0.05) is 20.2 Å². The first-order chi connectivity index (χ1) is 5.74. The van der Waals surface area contributed by atoms with Gasteiger partial charge >= 0.3 is 0 Å². The van der Waals surface area contributed by atoms with Crippen molar-refractivity contribution < 1.29 is 14.6 Å². The summed E-state index contributed by atoms with van der Waals surface area (Å²) in [5.74, 6) is -0.190. The number of nitrogens with one attached hydrogen (secondary N) is 2. The highest BCUT2D eigenvalue weighted by molar-refractivity contribution is 5.77. The Bertz CT molecular complexity index is 163. The van der Waals surface area contributed by atoms with E-state index in [0.29, 0.717) is 13.1 Å². The lowest BCUT2D eigenvalue weighted by Crippen LogP contribution is -2.44. The fraction of sp³-hybridized carbons (Fsp3) is 0.857. The van der Waals surface area contributed by atoms with Crippen LogP contribution in [-0.4, -0.2) is 50.0 Å². The zero-order chi connectivity index (χ0) is 8.97. The molecule has 1 rings (SSSR count). The molecule has 0 aromatic carbocycles. The highest BCUT2D eigenvalue weighted by Gasteiger charge is 2.25. The number of hydrogen-bond acceptors (Lipinski definition) is 4. The maximum absolute atomic E-state index is 11.0. The average Bonchev–Trinajstić information content (AvgIpc) is 2.37.